The Labute approximate surface area is 199 Å². The summed E-state index contributed by atoms with van der Waals surface area (Å²) in [6.45, 7) is -0.829. The average Bonchev–Trinajstić information content (AvgIpc) is 2.84. The molecule has 1 nitrogen and oxygen atoms in total. The van der Waals surface area contributed by atoms with Crippen molar-refractivity contribution in [3.05, 3.63) is 76.9 Å². The minimum atomic E-state index is -3.08. The summed E-state index contributed by atoms with van der Waals surface area (Å²) >= 11 is 0. The van der Waals surface area contributed by atoms with Crippen molar-refractivity contribution in [2.75, 3.05) is 0 Å². The van der Waals surface area contributed by atoms with Gasteiger partial charge in [0.1, 0.15) is 5.82 Å². The fourth-order valence-corrected chi connectivity index (χ4v) is 5.25. The van der Waals surface area contributed by atoms with E-state index in [4.69, 9.17) is 0 Å². The molecule has 1 fully saturated rings. The lowest BCUT2D eigenvalue weighted by molar-refractivity contribution is -0.0522. The fraction of sp³-hybridized carbons (Fsp3) is 0.448. The van der Waals surface area contributed by atoms with Crippen LogP contribution in [0, 0.1) is 17.6 Å². The van der Waals surface area contributed by atoms with E-state index in [9.17, 15) is 13.2 Å². The molecule has 0 radical (unpaired) electrons. The Morgan fingerprint density at radius 1 is 0.912 bits per heavy atom. The number of rotatable bonds is 9. The number of ether oxygens (including phenoxy) is 1. The second-order valence-corrected chi connectivity index (χ2v) is 9.52. The zero-order valence-electron chi connectivity index (χ0n) is 19.6. The van der Waals surface area contributed by atoms with Crippen LogP contribution in [0.5, 0.6) is 5.75 Å². The molecule has 0 atom stereocenters. The van der Waals surface area contributed by atoms with Crippen LogP contribution in [0.4, 0.5) is 17.6 Å². The molecule has 3 aromatic carbocycles. The van der Waals surface area contributed by atoms with E-state index in [0.717, 1.165) is 11.3 Å². The molecule has 0 aliphatic heterocycles. The molecule has 0 amide bonds. The highest BCUT2D eigenvalue weighted by atomic mass is 19.3. The number of aryl methyl sites for hydroxylation is 2. The third-order valence-corrected chi connectivity index (χ3v) is 7.24. The maximum atomic E-state index is 15.2. The molecule has 1 aliphatic carbocycles. The molecule has 0 unspecified atom stereocenters. The quantitative estimate of drug-likeness (QED) is 0.282. The molecule has 1 aliphatic rings. The van der Waals surface area contributed by atoms with Crippen LogP contribution in [-0.4, -0.2) is 6.61 Å². The molecule has 34 heavy (non-hydrogen) atoms. The highest BCUT2D eigenvalue weighted by Crippen LogP contribution is 2.39. The van der Waals surface area contributed by atoms with Gasteiger partial charge in [-0.1, -0.05) is 62.6 Å². The van der Waals surface area contributed by atoms with Gasteiger partial charge in [-0.05, 0) is 84.6 Å². The van der Waals surface area contributed by atoms with Gasteiger partial charge in [0.2, 0.25) is 0 Å². The second kappa shape index (κ2) is 11.2. The molecule has 0 N–H and O–H groups in total. The molecule has 4 rings (SSSR count). The van der Waals surface area contributed by atoms with Crippen LogP contribution >= 0.6 is 0 Å². The summed E-state index contributed by atoms with van der Waals surface area (Å²) < 4.78 is 57.9. The maximum Gasteiger partial charge on any atom is 0.387 e. The van der Waals surface area contributed by atoms with Crippen LogP contribution in [0.25, 0.3) is 10.8 Å². The Balaban J connectivity index is 1.42. The predicted octanol–water partition coefficient (Wildman–Crippen LogP) is 8.97. The van der Waals surface area contributed by atoms with Crippen LogP contribution < -0.4 is 4.74 Å². The minimum Gasteiger partial charge on any atom is -0.432 e. The summed E-state index contributed by atoms with van der Waals surface area (Å²) in [7, 11) is 0. The highest BCUT2D eigenvalue weighted by Gasteiger charge is 2.22. The number of unbranched alkanes of at least 4 members (excludes halogenated alkanes) is 1. The number of hydrogen-bond acceptors (Lipinski definition) is 1. The monoisotopic (exact) mass is 472 g/mol. The number of halogens is 4. The van der Waals surface area contributed by atoms with Crippen LogP contribution in [0.2, 0.25) is 0 Å². The zero-order chi connectivity index (χ0) is 24.1. The van der Waals surface area contributed by atoms with Gasteiger partial charge in [0.25, 0.3) is 0 Å². The number of hydrogen-bond donors (Lipinski definition) is 0. The van der Waals surface area contributed by atoms with E-state index < -0.39 is 18.2 Å². The molecule has 5 heteroatoms. The average molecular weight is 473 g/mol. The Kier molecular flexibility index (Phi) is 8.12. The molecule has 0 saturated heterocycles. The summed E-state index contributed by atoms with van der Waals surface area (Å²) in [5.74, 6) is -0.162. The summed E-state index contributed by atoms with van der Waals surface area (Å²) in [5.41, 5.74) is 2.46. The van der Waals surface area contributed by atoms with Gasteiger partial charge in [-0.25, -0.2) is 8.78 Å². The van der Waals surface area contributed by atoms with Gasteiger partial charge in [-0.2, -0.15) is 8.78 Å². The first kappa shape index (κ1) is 24.6. The van der Waals surface area contributed by atoms with Crippen LogP contribution in [0.15, 0.2) is 48.5 Å². The SMILES string of the molecule is CCCCC1CCC(c2ccc3c(F)c(CCc4ccc(OC(F)F)c(F)c4)ccc3c2)CC1. The van der Waals surface area contributed by atoms with E-state index in [2.05, 4.69) is 23.8 Å². The van der Waals surface area contributed by atoms with Crippen molar-refractivity contribution in [3.63, 3.8) is 0 Å². The maximum absolute atomic E-state index is 15.2. The fourth-order valence-electron chi connectivity index (χ4n) is 5.25. The third kappa shape index (κ3) is 5.92. The van der Waals surface area contributed by atoms with Crippen molar-refractivity contribution in [1.29, 1.82) is 0 Å². The minimum absolute atomic E-state index is 0.245. The molecular formula is C29H32F4O. The first-order chi connectivity index (χ1) is 16.4. The third-order valence-electron chi connectivity index (χ3n) is 7.24. The van der Waals surface area contributed by atoms with Crippen LogP contribution in [0.3, 0.4) is 0 Å². The summed E-state index contributed by atoms with van der Waals surface area (Å²) in [4.78, 5) is 0. The molecule has 0 heterocycles. The van der Waals surface area contributed by atoms with Gasteiger partial charge >= 0.3 is 6.61 Å². The van der Waals surface area contributed by atoms with Gasteiger partial charge in [-0.3, -0.25) is 0 Å². The van der Waals surface area contributed by atoms with Gasteiger partial charge in [0, 0.05) is 5.39 Å². The topological polar surface area (TPSA) is 9.23 Å². The second-order valence-electron chi connectivity index (χ2n) is 9.52. The van der Waals surface area contributed by atoms with E-state index in [-0.39, 0.29) is 5.82 Å². The Bertz CT molecular complexity index is 1100. The van der Waals surface area contributed by atoms with Crippen molar-refractivity contribution in [2.24, 2.45) is 5.92 Å². The Morgan fingerprint density at radius 3 is 2.41 bits per heavy atom. The van der Waals surface area contributed by atoms with Crippen LogP contribution in [-0.2, 0) is 12.8 Å². The Morgan fingerprint density at radius 2 is 1.71 bits per heavy atom. The molecular weight excluding hydrogens is 440 g/mol. The first-order valence-electron chi connectivity index (χ1n) is 12.4. The molecule has 1 saturated carbocycles. The van der Waals surface area contributed by atoms with E-state index in [0.29, 0.717) is 35.3 Å². The number of alkyl halides is 2. The summed E-state index contributed by atoms with van der Waals surface area (Å²) in [6.07, 6.45) is 9.69. The number of benzene rings is 3. The van der Waals surface area contributed by atoms with E-state index in [1.165, 1.54) is 68.7 Å². The van der Waals surface area contributed by atoms with Crippen molar-refractivity contribution >= 4 is 10.8 Å². The molecule has 0 bridgehead atoms. The summed E-state index contributed by atoms with van der Waals surface area (Å²) in [5, 5.41) is 1.51. The lowest BCUT2D eigenvalue weighted by atomic mass is 9.77. The smallest absolute Gasteiger partial charge is 0.387 e. The lowest BCUT2D eigenvalue weighted by Gasteiger charge is -2.29. The Hall–Kier alpha value is -2.56. The van der Waals surface area contributed by atoms with Gasteiger partial charge in [-0.15, -0.1) is 0 Å². The van der Waals surface area contributed by atoms with Crippen LogP contribution in [0.1, 0.15) is 74.5 Å². The zero-order valence-corrected chi connectivity index (χ0v) is 19.6. The van der Waals surface area contributed by atoms with Gasteiger partial charge in [0.15, 0.2) is 11.6 Å². The highest BCUT2D eigenvalue weighted by molar-refractivity contribution is 5.84. The van der Waals surface area contributed by atoms with E-state index >= 15 is 4.39 Å². The van der Waals surface area contributed by atoms with Gasteiger partial charge in [0.05, 0.1) is 0 Å². The van der Waals surface area contributed by atoms with Gasteiger partial charge < -0.3 is 4.74 Å². The standard InChI is InChI=1S/C29H32F4O/c1-2-3-4-19-5-9-21(10-6-19)23-14-15-25-24(18-23)13-12-22(28(25)31)11-7-20-8-16-27(26(30)17-20)34-29(32)33/h8,12-19,21,29H,2-7,9-11H2,1H3. The normalized spacial score (nSPS) is 18.5. The lowest BCUT2D eigenvalue weighted by Crippen LogP contribution is -2.13. The summed E-state index contributed by atoms with van der Waals surface area (Å²) in [6, 6.07) is 13.7. The van der Waals surface area contributed by atoms with E-state index in [1.54, 1.807) is 6.07 Å². The van der Waals surface area contributed by atoms with Crippen molar-refractivity contribution in [1.82, 2.24) is 0 Å². The largest absolute Gasteiger partial charge is 0.432 e. The molecule has 0 aromatic heterocycles. The predicted molar refractivity (Wildman–Crippen MR) is 129 cm³/mol. The van der Waals surface area contributed by atoms with Crippen molar-refractivity contribution < 1.29 is 22.3 Å². The van der Waals surface area contributed by atoms with Crippen molar-refractivity contribution in [2.45, 2.75) is 77.2 Å². The molecule has 0 spiro atoms. The number of fused-ring (bicyclic) bond motifs is 1. The molecule has 3 aromatic rings. The van der Waals surface area contributed by atoms with Crippen molar-refractivity contribution in [3.8, 4) is 5.75 Å². The van der Waals surface area contributed by atoms with E-state index in [1.807, 2.05) is 12.1 Å². The first-order valence-corrected chi connectivity index (χ1v) is 12.4. The molecule has 182 valence electrons.